The number of aliphatic hydroxyl groups excluding tert-OH is 1. The Balaban J connectivity index is 2.22. The molecule has 0 radical (unpaired) electrons. The van der Waals surface area contributed by atoms with Gasteiger partial charge in [-0.15, -0.1) is 0 Å². The van der Waals surface area contributed by atoms with E-state index in [1.165, 1.54) is 6.07 Å². The molecule has 0 spiro atoms. The van der Waals surface area contributed by atoms with Gasteiger partial charge in [-0.2, -0.15) is 0 Å². The first-order valence-electron chi connectivity index (χ1n) is 5.88. The summed E-state index contributed by atoms with van der Waals surface area (Å²) in [6.45, 7) is 0. The van der Waals surface area contributed by atoms with Crippen molar-refractivity contribution < 1.29 is 9.50 Å². The lowest BCUT2D eigenvalue weighted by atomic mass is 10.1. The van der Waals surface area contributed by atoms with Crippen LogP contribution in [0.5, 0.6) is 0 Å². The van der Waals surface area contributed by atoms with Crippen molar-refractivity contribution in [3.63, 3.8) is 0 Å². The molecule has 1 aromatic carbocycles. The van der Waals surface area contributed by atoms with E-state index in [1.54, 1.807) is 22.8 Å². The second kappa shape index (κ2) is 4.48. The van der Waals surface area contributed by atoms with Gasteiger partial charge in [0.15, 0.2) is 0 Å². The van der Waals surface area contributed by atoms with Crippen molar-refractivity contribution in [3.05, 3.63) is 40.4 Å². The van der Waals surface area contributed by atoms with E-state index in [0.29, 0.717) is 22.4 Å². The topological polar surface area (TPSA) is 38.1 Å². The maximum Gasteiger partial charge on any atom is 0.146 e. The zero-order valence-electron chi connectivity index (χ0n) is 9.61. The summed E-state index contributed by atoms with van der Waals surface area (Å²) in [5.41, 5.74) is 1.36. The summed E-state index contributed by atoms with van der Waals surface area (Å²) >= 11 is 3.39. The van der Waals surface area contributed by atoms with E-state index >= 15 is 0 Å². The summed E-state index contributed by atoms with van der Waals surface area (Å²) in [6, 6.07) is 6.49. The molecule has 1 aromatic heterocycles. The zero-order valence-corrected chi connectivity index (χ0v) is 11.2. The number of benzene rings is 1. The van der Waals surface area contributed by atoms with Gasteiger partial charge in [-0.25, -0.2) is 9.37 Å². The molecule has 3 rings (SSSR count). The summed E-state index contributed by atoms with van der Waals surface area (Å²) in [6.07, 6.45) is 1.82. The minimum absolute atomic E-state index is 0.324. The molecule has 1 atom stereocenters. The number of hydrogen-bond donors (Lipinski definition) is 1. The first-order valence-corrected chi connectivity index (χ1v) is 6.67. The number of aliphatic hydroxyl groups is 1. The van der Waals surface area contributed by atoms with E-state index in [9.17, 15) is 9.50 Å². The van der Waals surface area contributed by atoms with E-state index < -0.39 is 6.23 Å². The Morgan fingerprint density at radius 1 is 1.39 bits per heavy atom. The summed E-state index contributed by atoms with van der Waals surface area (Å²) < 4.78 is 16.3. The highest BCUT2D eigenvalue weighted by molar-refractivity contribution is 9.10. The lowest BCUT2D eigenvalue weighted by molar-refractivity contribution is 0.0804. The van der Waals surface area contributed by atoms with Crippen molar-refractivity contribution in [1.29, 1.82) is 0 Å². The van der Waals surface area contributed by atoms with Gasteiger partial charge in [0, 0.05) is 0 Å². The molecule has 0 aliphatic carbocycles. The number of halogens is 2. The lowest BCUT2D eigenvalue weighted by Gasteiger charge is -2.23. The van der Waals surface area contributed by atoms with E-state index in [-0.39, 0.29) is 5.82 Å². The molecule has 0 saturated heterocycles. The maximum absolute atomic E-state index is 13.8. The van der Waals surface area contributed by atoms with E-state index in [4.69, 9.17) is 0 Å². The second-order valence-corrected chi connectivity index (χ2v) is 5.15. The van der Waals surface area contributed by atoms with Crippen molar-refractivity contribution in [1.82, 2.24) is 9.55 Å². The molecular weight excluding hydrogens is 299 g/mol. The Morgan fingerprint density at radius 3 is 2.94 bits per heavy atom. The second-order valence-electron chi connectivity index (χ2n) is 4.40. The predicted molar refractivity (Wildman–Crippen MR) is 69.5 cm³/mol. The summed E-state index contributed by atoms with van der Waals surface area (Å²) in [7, 11) is 0. The molecule has 18 heavy (non-hydrogen) atoms. The fraction of sp³-hybridized carbons (Fsp3) is 0.308. The van der Waals surface area contributed by atoms with Crippen LogP contribution in [-0.2, 0) is 6.42 Å². The predicted octanol–water partition coefficient (Wildman–Crippen LogP) is 3.28. The van der Waals surface area contributed by atoms with Crippen LogP contribution in [0, 0.1) is 5.82 Å². The number of aromatic nitrogens is 2. The van der Waals surface area contributed by atoms with Crippen LogP contribution in [-0.4, -0.2) is 14.7 Å². The molecule has 2 aromatic rings. The van der Waals surface area contributed by atoms with Crippen molar-refractivity contribution >= 4 is 15.9 Å². The van der Waals surface area contributed by atoms with Crippen LogP contribution in [0.3, 0.4) is 0 Å². The number of hydrogen-bond acceptors (Lipinski definition) is 2. The highest BCUT2D eigenvalue weighted by Crippen LogP contribution is 2.35. The van der Waals surface area contributed by atoms with Crippen LogP contribution >= 0.6 is 15.9 Å². The summed E-state index contributed by atoms with van der Waals surface area (Å²) in [5.74, 6) is 0.165. The summed E-state index contributed by atoms with van der Waals surface area (Å²) in [5, 5.41) is 10.1. The fourth-order valence-corrected chi connectivity index (χ4v) is 2.95. The van der Waals surface area contributed by atoms with Crippen LogP contribution in [0.2, 0.25) is 0 Å². The lowest BCUT2D eigenvalue weighted by Crippen LogP contribution is -2.18. The fourth-order valence-electron chi connectivity index (χ4n) is 2.40. The van der Waals surface area contributed by atoms with Gasteiger partial charge in [0.2, 0.25) is 0 Å². The van der Waals surface area contributed by atoms with Gasteiger partial charge in [0.25, 0.3) is 0 Å². The molecule has 3 nitrogen and oxygen atoms in total. The first-order chi connectivity index (χ1) is 8.68. The quantitative estimate of drug-likeness (QED) is 0.878. The van der Waals surface area contributed by atoms with Gasteiger partial charge in [-0.05, 0) is 47.3 Å². The third kappa shape index (κ3) is 1.78. The molecule has 1 aliphatic heterocycles. The Hall–Kier alpha value is -1.20. The van der Waals surface area contributed by atoms with Crippen molar-refractivity contribution in [2.75, 3.05) is 0 Å². The van der Waals surface area contributed by atoms with Crippen LogP contribution in [0.15, 0.2) is 28.9 Å². The maximum atomic E-state index is 13.8. The zero-order chi connectivity index (χ0) is 12.7. The van der Waals surface area contributed by atoms with E-state index in [1.807, 2.05) is 0 Å². The van der Waals surface area contributed by atoms with Gasteiger partial charge < -0.3 is 9.67 Å². The van der Waals surface area contributed by atoms with Crippen LogP contribution in [0.25, 0.3) is 11.4 Å². The van der Waals surface area contributed by atoms with Gasteiger partial charge in [0.1, 0.15) is 22.5 Å². The first kappa shape index (κ1) is 11.9. The van der Waals surface area contributed by atoms with Crippen LogP contribution < -0.4 is 0 Å². The Bertz CT molecular complexity index is 597. The molecule has 2 heterocycles. The molecule has 1 N–H and O–H groups in total. The molecule has 1 unspecified atom stereocenters. The SMILES string of the molecule is OC1CCCc2c(Br)nc(-c3ccccc3F)n21. The average Bonchev–Trinajstić information content (AvgIpc) is 2.69. The minimum Gasteiger partial charge on any atom is -0.373 e. The van der Waals surface area contributed by atoms with Gasteiger partial charge in [-0.1, -0.05) is 12.1 Å². The molecule has 1 aliphatic rings. The number of fused-ring (bicyclic) bond motifs is 1. The molecule has 94 valence electrons. The smallest absolute Gasteiger partial charge is 0.146 e. The number of nitrogens with zero attached hydrogens (tertiary/aromatic N) is 2. The Morgan fingerprint density at radius 2 is 2.17 bits per heavy atom. The largest absolute Gasteiger partial charge is 0.373 e. The van der Waals surface area contributed by atoms with Gasteiger partial charge >= 0.3 is 0 Å². The van der Waals surface area contributed by atoms with Crippen molar-refractivity contribution in [3.8, 4) is 11.4 Å². The minimum atomic E-state index is -0.623. The molecule has 5 heteroatoms. The monoisotopic (exact) mass is 310 g/mol. The highest BCUT2D eigenvalue weighted by Gasteiger charge is 2.26. The third-order valence-corrected chi connectivity index (χ3v) is 3.88. The normalized spacial score (nSPS) is 18.7. The Labute approximate surface area is 112 Å². The molecule has 0 fully saturated rings. The number of rotatable bonds is 1. The Kier molecular flexibility index (Phi) is 2.95. The van der Waals surface area contributed by atoms with Crippen molar-refractivity contribution in [2.24, 2.45) is 0 Å². The standard InChI is InChI=1S/C13H12BrFN2O/c14-12-10-6-3-7-11(18)17(10)13(16-12)8-4-1-2-5-9(8)15/h1-2,4-5,11,18H,3,6-7H2. The number of imidazole rings is 1. The van der Waals surface area contributed by atoms with Crippen LogP contribution in [0.4, 0.5) is 4.39 Å². The van der Waals surface area contributed by atoms with Gasteiger partial charge in [0.05, 0.1) is 11.3 Å². The molecule has 0 amide bonds. The molecule has 0 saturated carbocycles. The third-order valence-electron chi connectivity index (χ3n) is 3.25. The van der Waals surface area contributed by atoms with Crippen LogP contribution in [0.1, 0.15) is 24.8 Å². The molecular formula is C13H12BrFN2O. The van der Waals surface area contributed by atoms with E-state index in [2.05, 4.69) is 20.9 Å². The van der Waals surface area contributed by atoms with Gasteiger partial charge in [-0.3, -0.25) is 0 Å². The summed E-state index contributed by atoms with van der Waals surface area (Å²) in [4.78, 5) is 4.35. The average molecular weight is 311 g/mol. The van der Waals surface area contributed by atoms with Crippen molar-refractivity contribution in [2.45, 2.75) is 25.5 Å². The van der Waals surface area contributed by atoms with E-state index in [0.717, 1.165) is 18.5 Å². The molecule has 0 bridgehead atoms. The highest BCUT2D eigenvalue weighted by atomic mass is 79.9.